The van der Waals surface area contributed by atoms with Crippen molar-refractivity contribution in [3.8, 4) is 5.75 Å². The molecule has 0 bridgehead atoms. The molecule has 0 saturated heterocycles. The lowest BCUT2D eigenvalue weighted by atomic mass is 9.92. The van der Waals surface area contributed by atoms with Crippen molar-refractivity contribution in [2.45, 2.75) is 12.8 Å². The summed E-state index contributed by atoms with van der Waals surface area (Å²) in [6.07, 6.45) is 1.97. The summed E-state index contributed by atoms with van der Waals surface area (Å²) >= 11 is 3.39. The maximum atomic E-state index is 12.1. The Bertz CT molecular complexity index is 421. The summed E-state index contributed by atoms with van der Waals surface area (Å²) in [5.41, 5.74) is 0.580. The minimum atomic E-state index is -0.159. The zero-order valence-corrected chi connectivity index (χ0v) is 9.13. The highest BCUT2D eigenvalue weighted by Crippen LogP contribution is 2.53. The zero-order valence-electron chi connectivity index (χ0n) is 7.55. The standard InChI is InChI=1S/C11H9BrO2/c12-8-3-1-2-7-9(8)14-6-11(4-5-11)10(7)13/h1-3H,4-6H2. The first-order chi connectivity index (χ1) is 6.73. The van der Waals surface area contributed by atoms with E-state index in [1.165, 1.54) is 0 Å². The number of benzene rings is 1. The highest BCUT2D eigenvalue weighted by atomic mass is 79.9. The second kappa shape index (κ2) is 2.60. The average Bonchev–Trinajstić information content (AvgIpc) is 2.94. The molecule has 1 spiro atoms. The summed E-state index contributed by atoms with van der Waals surface area (Å²) in [5.74, 6) is 0.982. The van der Waals surface area contributed by atoms with Crippen molar-refractivity contribution >= 4 is 21.7 Å². The van der Waals surface area contributed by atoms with E-state index < -0.39 is 0 Å². The Balaban J connectivity index is 2.16. The number of halogens is 1. The lowest BCUT2D eigenvalue weighted by Crippen LogP contribution is -2.29. The zero-order chi connectivity index (χ0) is 9.76. The van der Waals surface area contributed by atoms with Crippen LogP contribution in [0.1, 0.15) is 23.2 Å². The molecule has 1 saturated carbocycles. The minimum Gasteiger partial charge on any atom is -0.491 e. The van der Waals surface area contributed by atoms with Crippen LogP contribution >= 0.6 is 15.9 Å². The third-order valence-electron chi connectivity index (χ3n) is 3.04. The van der Waals surface area contributed by atoms with Crippen LogP contribution in [0.5, 0.6) is 5.75 Å². The van der Waals surface area contributed by atoms with Gasteiger partial charge in [-0.25, -0.2) is 0 Å². The Morgan fingerprint density at radius 3 is 2.86 bits per heavy atom. The van der Waals surface area contributed by atoms with Crippen molar-refractivity contribution in [1.29, 1.82) is 0 Å². The fourth-order valence-corrected chi connectivity index (χ4v) is 2.40. The molecule has 1 aromatic rings. The molecule has 1 fully saturated rings. The molecule has 1 aliphatic carbocycles. The molecule has 0 radical (unpaired) electrons. The summed E-state index contributed by atoms with van der Waals surface area (Å²) in [6, 6.07) is 5.63. The molecule has 3 heteroatoms. The van der Waals surface area contributed by atoms with Gasteiger partial charge in [-0.2, -0.15) is 0 Å². The van der Waals surface area contributed by atoms with Crippen LogP contribution in [0.15, 0.2) is 22.7 Å². The van der Waals surface area contributed by atoms with E-state index in [4.69, 9.17) is 4.74 Å². The van der Waals surface area contributed by atoms with Crippen LogP contribution in [0, 0.1) is 5.41 Å². The van der Waals surface area contributed by atoms with Crippen molar-refractivity contribution in [3.63, 3.8) is 0 Å². The Hall–Kier alpha value is -0.830. The minimum absolute atomic E-state index is 0.159. The molecule has 0 aromatic heterocycles. The molecule has 14 heavy (non-hydrogen) atoms. The van der Waals surface area contributed by atoms with E-state index in [1.807, 2.05) is 18.2 Å². The Morgan fingerprint density at radius 1 is 1.36 bits per heavy atom. The van der Waals surface area contributed by atoms with Crippen molar-refractivity contribution in [3.05, 3.63) is 28.2 Å². The first kappa shape index (κ1) is 8.48. The van der Waals surface area contributed by atoms with Crippen molar-refractivity contribution in [1.82, 2.24) is 0 Å². The second-order valence-electron chi connectivity index (χ2n) is 4.01. The molecule has 2 aliphatic rings. The van der Waals surface area contributed by atoms with E-state index in [0.717, 1.165) is 28.6 Å². The van der Waals surface area contributed by atoms with E-state index in [2.05, 4.69) is 15.9 Å². The first-order valence-electron chi connectivity index (χ1n) is 4.69. The van der Waals surface area contributed by atoms with E-state index in [1.54, 1.807) is 0 Å². The van der Waals surface area contributed by atoms with E-state index in [9.17, 15) is 4.79 Å². The van der Waals surface area contributed by atoms with Crippen LogP contribution in [0.3, 0.4) is 0 Å². The molecule has 1 aliphatic heterocycles. The molecule has 0 atom stereocenters. The summed E-state index contributed by atoms with van der Waals surface area (Å²) in [7, 11) is 0. The number of rotatable bonds is 0. The molecular weight excluding hydrogens is 244 g/mol. The number of hydrogen-bond acceptors (Lipinski definition) is 2. The van der Waals surface area contributed by atoms with Gasteiger partial charge in [0.15, 0.2) is 5.78 Å². The van der Waals surface area contributed by atoms with Gasteiger partial charge in [-0.1, -0.05) is 6.07 Å². The van der Waals surface area contributed by atoms with Gasteiger partial charge in [0, 0.05) is 0 Å². The number of ether oxygens (including phenoxy) is 1. The van der Waals surface area contributed by atoms with E-state index in [-0.39, 0.29) is 11.2 Å². The molecule has 0 N–H and O–H groups in total. The number of carbonyl (C=O) groups is 1. The third kappa shape index (κ3) is 0.989. The number of hydrogen-bond donors (Lipinski definition) is 0. The fraction of sp³-hybridized carbons (Fsp3) is 0.364. The SMILES string of the molecule is O=C1c2cccc(Br)c2OCC12CC2. The van der Waals surface area contributed by atoms with E-state index in [0.29, 0.717) is 6.61 Å². The van der Waals surface area contributed by atoms with Crippen LogP contribution in [-0.4, -0.2) is 12.4 Å². The molecule has 0 unspecified atom stereocenters. The van der Waals surface area contributed by atoms with Crippen LogP contribution < -0.4 is 4.74 Å². The molecule has 3 rings (SSSR count). The summed E-state index contributed by atoms with van der Waals surface area (Å²) in [6.45, 7) is 0.557. The second-order valence-corrected chi connectivity index (χ2v) is 4.87. The number of ketones is 1. The Labute approximate surface area is 90.4 Å². The van der Waals surface area contributed by atoms with Crippen LogP contribution in [-0.2, 0) is 0 Å². The highest BCUT2D eigenvalue weighted by Gasteiger charge is 2.53. The van der Waals surface area contributed by atoms with Gasteiger partial charge in [0.1, 0.15) is 12.4 Å². The van der Waals surface area contributed by atoms with Gasteiger partial charge in [-0.3, -0.25) is 4.79 Å². The maximum Gasteiger partial charge on any atom is 0.176 e. The largest absolute Gasteiger partial charge is 0.491 e. The predicted molar refractivity (Wildman–Crippen MR) is 55.6 cm³/mol. The monoisotopic (exact) mass is 252 g/mol. The van der Waals surface area contributed by atoms with Gasteiger partial charge in [0.2, 0.25) is 0 Å². The number of para-hydroxylation sites is 1. The molecule has 1 heterocycles. The van der Waals surface area contributed by atoms with Gasteiger partial charge in [0.05, 0.1) is 15.5 Å². The van der Waals surface area contributed by atoms with Crippen LogP contribution in [0.4, 0.5) is 0 Å². The van der Waals surface area contributed by atoms with Crippen LogP contribution in [0.2, 0.25) is 0 Å². The van der Waals surface area contributed by atoms with Crippen molar-refractivity contribution < 1.29 is 9.53 Å². The smallest absolute Gasteiger partial charge is 0.176 e. The first-order valence-corrected chi connectivity index (χ1v) is 5.48. The van der Waals surface area contributed by atoms with Gasteiger partial charge < -0.3 is 4.74 Å². The third-order valence-corrected chi connectivity index (χ3v) is 3.66. The van der Waals surface area contributed by atoms with Gasteiger partial charge >= 0.3 is 0 Å². The molecule has 1 aromatic carbocycles. The average molecular weight is 253 g/mol. The van der Waals surface area contributed by atoms with Crippen molar-refractivity contribution in [2.75, 3.05) is 6.61 Å². The molecule has 72 valence electrons. The number of Topliss-reactive ketones (excluding diaryl/α,β-unsaturated/α-hetero) is 1. The Kier molecular flexibility index (Phi) is 1.57. The van der Waals surface area contributed by atoms with Crippen molar-refractivity contribution in [2.24, 2.45) is 5.41 Å². The maximum absolute atomic E-state index is 12.1. The topological polar surface area (TPSA) is 26.3 Å². The lowest BCUT2D eigenvalue weighted by Gasteiger charge is -2.24. The Morgan fingerprint density at radius 2 is 2.14 bits per heavy atom. The summed E-state index contributed by atoms with van der Waals surface area (Å²) in [4.78, 5) is 12.1. The number of carbonyl (C=O) groups excluding carboxylic acids is 1. The van der Waals surface area contributed by atoms with Gasteiger partial charge in [-0.05, 0) is 40.9 Å². The van der Waals surface area contributed by atoms with Crippen LogP contribution in [0.25, 0.3) is 0 Å². The quantitative estimate of drug-likeness (QED) is 0.710. The molecular formula is C11H9BrO2. The molecule has 0 amide bonds. The summed E-state index contributed by atoms with van der Waals surface area (Å²) in [5, 5.41) is 0. The lowest BCUT2D eigenvalue weighted by molar-refractivity contribution is 0.0797. The highest BCUT2D eigenvalue weighted by molar-refractivity contribution is 9.10. The normalized spacial score (nSPS) is 21.6. The van der Waals surface area contributed by atoms with Gasteiger partial charge in [-0.15, -0.1) is 0 Å². The summed E-state index contributed by atoms with van der Waals surface area (Å²) < 4.78 is 6.51. The van der Waals surface area contributed by atoms with Gasteiger partial charge in [0.25, 0.3) is 0 Å². The predicted octanol–water partition coefficient (Wildman–Crippen LogP) is 2.80. The fourth-order valence-electron chi connectivity index (χ4n) is 1.92. The molecule has 2 nitrogen and oxygen atoms in total. The number of fused-ring (bicyclic) bond motifs is 1. The van der Waals surface area contributed by atoms with E-state index >= 15 is 0 Å².